The molecule has 0 aliphatic carbocycles. The van der Waals surface area contributed by atoms with Crippen LogP contribution in [0.5, 0.6) is 0 Å². The van der Waals surface area contributed by atoms with Gasteiger partial charge in [0.05, 0.1) is 0 Å². The van der Waals surface area contributed by atoms with Gasteiger partial charge in [0.15, 0.2) is 0 Å². The molecule has 0 unspecified atom stereocenters. The third-order valence-corrected chi connectivity index (χ3v) is 3.70. The smallest absolute Gasteiger partial charge is 0.00278 e. The zero-order chi connectivity index (χ0) is 16.0. The molecule has 21 heavy (non-hydrogen) atoms. The molecule has 0 radical (unpaired) electrons. The number of aryl methyl sites for hydroxylation is 1. The molecule has 1 aromatic carbocycles. The number of benzene rings is 1. The van der Waals surface area contributed by atoms with Crippen LogP contribution in [0.1, 0.15) is 38.8 Å². The first-order valence-electron chi connectivity index (χ1n) is 7.72. The minimum Gasteiger partial charge on any atom is -0.394 e. The fourth-order valence-corrected chi connectivity index (χ4v) is 2.52. The Morgan fingerprint density at radius 3 is 2.10 bits per heavy atom. The lowest BCUT2D eigenvalue weighted by Gasteiger charge is -2.20. The molecule has 0 aliphatic rings. The molecule has 0 atom stereocenters. The van der Waals surface area contributed by atoms with E-state index in [1.54, 1.807) is 0 Å². The molecule has 114 valence electrons. The summed E-state index contributed by atoms with van der Waals surface area (Å²) in [5, 5.41) is 3.18. The molecule has 0 aromatic heterocycles. The van der Waals surface area contributed by atoms with Gasteiger partial charge in [0.25, 0.3) is 0 Å². The summed E-state index contributed by atoms with van der Waals surface area (Å²) in [6.07, 6.45) is 4.36. The number of hydrogen-bond acceptors (Lipinski definition) is 1. The van der Waals surface area contributed by atoms with Gasteiger partial charge in [-0.3, -0.25) is 0 Å². The molecular formula is C20H29N. The Kier molecular flexibility index (Phi) is 6.48. The van der Waals surface area contributed by atoms with Crippen molar-refractivity contribution >= 4 is 5.57 Å². The van der Waals surface area contributed by atoms with Crippen LogP contribution in [0.2, 0.25) is 0 Å². The zero-order valence-electron chi connectivity index (χ0n) is 14.3. The Morgan fingerprint density at radius 2 is 1.62 bits per heavy atom. The van der Waals surface area contributed by atoms with Gasteiger partial charge >= 0.3 is 0 Å². The molecule has 1 heteroatoms. The van der Waals surface area contributed by atoms with Crippen LogP contribution in [-0.2, 0) is 0 Å². The minimum atomic E-state index is 0.466. The molecule has 1 N–H and O–H groups in total. The molecule has 0 saturated carbocycles. The average Bonchev–Trinajstić information content (AvgIpc) is 2.42. The lowest BCUT2D eigenvalue weighted by atomic mass is 9.86. The standard InChI is InChI=1S/C20H29N/c1-14(2)19(20(13-21-7)15(3)4)12-17(6)18-11-9-8-10-16(18)5/h8-15,21H,6H2,1-5,7H3/b19-12-,20-13-. The number of nitrogens with one attached hydrogen (secondary N) is 1. The van der Waals surface area contributed by atoms with Crippen molar-refractivity contribution < 1.29 is 0 Å². The summed E-state index contributed by atoms with van der Waals surface area (Å²) in [7, 11) is 1.95. The van der Waals surface area contributed by atoms with Gasteiger partial charge in [-0.2, -0.15) is 0 Å². The summed E-state index contributed by atoms with van der Waals surface area (Å²) in [5.74, 6) is 0.948. The molecule has 0 aliphatic heterocycles. The monoisotopic (exact) mass is 283 g/mol. The maximum absolute atomic E-state index is 4.29. The van der Waals surface area contributed by atoms with Gasteiger partial charge in [0.2, 0.25) is 0 Å². The summed E-state index contributed by atoms with van der Waals surface area (Å²) < 4.78 is 0. The number of allylic oxidation sites excluding steroid dienone is 4. The molecule has 0 fully saturated rings. The molecule has 0 heterocycles. The van der Waals surface area contributed by atoms with Crippen molar-refractivity contribution in [1.29, 1.82) is 0 Å². The van der Waals surface area contributed by atoms with E-state index in [-0.39, 0.29) is 0 Å². The number of hydrogen-bond donors (Lipinski definition) is 1. The predicted octanol–water partition coefficient (Wildman–Crippen LogP) is 5.35. The normalized spacial score (nSPS) is 13.0. The third kappa shape index (κ3) is 4.63. The van der Waals surface area contributed by atoms with Gasteiger partial charge in [-0.25, -0.2) is 0 Å². The largest absolute Gasteiger partial charge is 0.394 e. The van der Waals surface area contributed by atoms with E-state index in [4.69, 9.17) is 0 Å². The molecular weight excluding hydrogens is 254 g/mol. The van der Waals surface area contributed by atoms with Crippen LogP contribution in [0.4, 0.5) is 0 Å². The molecule has 0 saturated heterocycles. The highest BCUT2D eigenvalue weighted by molar-refractivity contribution is 5.75. The molecule has 0 bridgehead atoms. The van der Waals surface area contributed by atoms with Gasteiger partial charge in [-0.15, -0.1) is 0 Å². The first-order chi connectivity index (χ1) is 9.88. The summed E-state index contributed by atoms with van der Waals surface area (Å²) in [6, 6.07) is 8.42. The van der Waals surface area contributed by atoms with Crippen molar-refractivity contribution in [2.75, 3.05) is 7.05 Å². The van der Waals surface area contributed by atoms with E-state index < -0.39 is 0 Å². The van der Waals surface area contributed by atoms with Gasteiger partial charge in [0, 0.05) is 7.05 Å². The fourth-order valence-electron chi connectivity index (χ4n) is 2.52. The highest BCUT2D eigenvalue weighted by Crippen LogP contribution is 2.29. The Morgan fingerprint density at radius 1 is 1.05 bits per heavy atom. The second-order valence-electron chi connectivity index (χ2n) is 6.14. The summed E-state index contributed by atoms with van der Waals surface area (Å²) in [6.45, 7) is 15.4. The zero-order valence-corrected chi connectivity index (χ0v) is 14.3. The second kappa shape index (κ2) is 7.87. The van der Waals surface area contributed by atoms with Crippen molar-refractivity contribution in [2.24, 2.45) is 11.8 Å². The topological polar surface area (TPSA) is 12.0 Å². The Labute approximate surface area is 130 Å². The average molecular weight is 283 g/mol. The van der Waals surface area contributed by atoms with E-state index >= 15 is 0 Å². The van der Waals surface area contributed by atoms with Crippen molar-refractivity contribution in [3.05, 3.63) is 65.4 Å². The first-order valence-corrected chi connectivity index (χ1v) is 7.72. The van der Waals surface area contributed by atoms with Gasteiger partial charge in [-0.05, 0) is 52.8 Å². The second-order valence-corrected chi connectivity index (χ2v) is 6.14. The Balaban J connectivity index is 3.25. The van der Waals surface area contributed by atoms with Crippen LogP contribution < -0.4 is 5.32 Å². The maximum Gasteiger partial charge on any atom is 0.00278 e. The van der Waals surface area contributed by atoms with Gasteiger partial charge in [0.1, 0.15) is 0 Å². The van der Waals surface area contributed by atoms with Crippen molar-refractivity contribution in [2.45, 2.75) is 34.6 Å². The Bertz CT molecular complexity index is 545. The quantitative estimate of drug-likeness (QED) is 0.694. The van der Waals surface area contributed by atoms with Crippen LogP contribution in [0.3, 0.4) is 0 Å². The van der Waals surface area contributed by atoms with Crippen molar-refractivity contribution in [1.82, 2.24) is 5.32 Å². The molecule has 1 nitrogen and oxygen atoms in total. The van der Waals surface area contributed by atoms with Gasteiger partial charge in [-0.1, -0.05) is 64.6 Å². The van der Waals surface area contributed by atoms with Crippen LogP contribution in [0.25, 0.3) is 5.57 Å². The van der Waals surface area contributed by atoms with Crippen LogP contribution in [-0.4, -0.2) is 7.05 Å². The predicted molar refractivity (Wildman–Crippen MR) is 95.1 cm³/mol. The van der Waals surface area contributed by atoms with Crippen LogP contribution in [0.15, 0.2) is 54.3 Å². The van der Waals surface area contributed by atoms with E-state index in [0.29, 0.717) is 11.8 Å². The summed E-state index contributed by atoms with van der Waals surface area (Å²) >= 11 is 0. The van der Waals surface area contributed by atoms with E-state index in [2.05, 4.69) is 83.1 Å². The summed E-state index contributed by atoms with van der Waals surface area (Å²) in [4.78, 5) is 0. The SMILES string of the molecule is C=C(/C=C(\C(=C/NC)C(C)C)C(C)C)c1ccccc1C. The Hall–Kier alpha value is -1.76. The molecule has 1 aromatic rings. The lowest BCUT2D eigenvalue weighted by molar-refractivity contribution is 0.695. The van der Waals surface area contributed by atoms with E-state index in [1.165, 1.54) is 22.3 Å². The van der Waals surface area contributed by atoms with E-state index in [1.807, 2.05) is 7.05 Å². The number of rotatable bonds is 6. The highest BCUT2D eigenvalue weighted by Gasteiger charge is 2.14. The molecule has 0 amide bonds. The first kappa shape index (κ1) is 17.3. The highest BCUT2D eigenvalue weighted by atomic mass is 14.8. The van der Waals surface area contributed by atoms with Crippen LogP contribution in [0, 0.1) is 18.8 Å². The van der Waals surface area contributed by atoms with E-state index in [9.17, 15) is 0 Å². The third-order valence-electron chi connectivity index (χ3n) is 3.70. The fraction of sp³-hybridized carbons (Fsp3) is 0.400. The van der Waals surface area contributed by atoms with E-state index in [0.717, 1.165) is 5.57 Å². The molecule has 1 rings (SSSR count). The van der Waals surface area contributed by atoms with Gasteiger partial charge < -0.3 is 5.32 Å². The summed E-state index contributed by atoms with van der Waals surface area (Å²) in [5.41, 5.74) is 6.28. The van der Waals surface area contributed by atoms with Crippen molar-refractivity contribution in [3.63, 3.8) is 0 Å². The van der Waals surface area contributed by atoms with Crippen molar-refractivity contribution in [3.8, 4) is 0 Å². The molecule has 0 spiro atoms. The van der Waals surface area contributed by atoms with Crippen LogP contribution >= 0.6 is 0 Å². The minimum absolute atomic E-state index is 0.466. The maximum atomic E-state index is 4.29. The lowest BCUT2D eigenvalue weighted by Crippen LogP contribution is -2.09.